The molecule has 0 aromatic carbocycles. The van der Waals surface area contributed by atoms with Crippen LogP contribution in [0.3, 0.4) is 0 Å². The molecular weight excluding hydrogens is 216 g/mol. The van der Waals surface area contributed by atoms with Gasteiger partial charge in [-0.2, -0.15) is 10.2 Å². The smallest absolute Gasteiger partial charge is 0.0634 e. The minimum atomic E-state index is 1.15. The molecular formula is C8H10N4S2. The zero-order chi connectivity index (χ0) is 9.97. The lowest BCUT2D eigenvalue weighted by atomic mass is 10.7. The monoisotopic (exact) mass is 226 g/mol. The molecule has 0 unspecified atom stereocenters. The topological polar surface area (TPSA) is 35.6 Å². The van der Waals surface area contributed by atoms with Gasteiger partial charge in [0, 0.05) is 26.5 Å². The van der Waals surface area contributed by atoms with Crippen molar-refractivity contribution in [2.75, 3.05) is 0 Å². The van der Waals surface area contributed by atoms with E-state index in [9.17, 15) is 0 Å². The van der Waals surface area contributed by atoms with Crippen molar-refractivity contribution in [1.82, 2.24) is 19.6 Å². The summed E-state index contributed by atoms with van der Waals surface area (Å²) >= 11 is 0. The zero-order valence-corrected chi connectivity index (χ0v) is 9.55. The van der Waals surface area contributed by atoms with Crippen molar-refractivity contribution in [1.29, 1.82) is 0 Å². The van der Waals surface area contributed by atoms with E-state index in [1.165, 1.54) is 0 Å². The predicted molar refractivity (Wildman–Crippen MR) is 58.1 cm³/mol. The molecule has 0 aliphatic carbocycles. The van der Waals surface area contributed by atoms with Gasteiger partial charge in [-0.05, 0) is 21.6 Å². The summed E-state index contributed by atoms with van der Waals surface area (Å²) in [5, 5.41) is 8.19. The van der Waals surface area contributed by atoms with Gasteiger partial charge in [0.15, 0.2) is 0 Å². The van der Waals surface area contributed by atoms with E-state index in [1.54, 1.807) is 31.0 Å². The van der Waals surface area contributed by atoms with E-state index >= 15 is 0 Å². The third kappa shape index (κ3) is 2.33. The number of hydrogen-bond donors (Lipinski definition) is 0. The number of rotatable bonds is 3. The van der Waals surface area contributed by atoms with Crippen molar-refractivity contribution in [2.45, 2.75) is 9.79 Å². The Labute approximate surface area is 90.1 Å². The van der Waals surface area contributed by atoms with Crippen LogP contribution in [0.2, 0.25) is 0 Å². The number of hydrogen-bond acceptors (Lipinski definition) is 4. The van der Waals surface area contributed by atoms with Crippen LogP contribution in [0.15, 0.2) is 34.6 Å². The average molecular weight is 226 g/mol. The summed E-state index contributed by atoms with van der Waals surface area (Å²) in [6, 6.07) is 0. The molecule has 0 saturated carbocycles. The van der Waals surface area contributed by atoms with Crippen LogP contribution in [-0.4, -0.2) is 19.6 Å². The zero-order valence-electron chi connectivity index (χ0n) is 7.91. The van der Waals surface area contributed by atoms with Crippen LogP contribution in [-0.2, 0) is 14.1 Å². The van der Waals surface area contributed by atoms with E-state index in [0.29, 0.717) is 0 Å². The molecule has 0 atom stereocenters. The molecule has 2 heterocycles. The fourth-order valence-electron chi connectivity index (χ4n) is 0.980. The van der Waals surface area contributed by atoms with Crippen molar-refractivity contribution in [3.8, 4) is 0 Å². The molecule has 6 heteroatoms. The molecule has 2 aromatic heterocycles. The maximum atomic E-state index is 4.10. The van der Waals surface area contributed by atoms with E-state index in [4.69, 9.17) is 0 Å². The van der Waals surface area contributed by atoms with Crippen molar-refractivity contribution < 1.29 is 0 Å². The number of nitrogens with zero attached hydrogens (tertiary/aromatic N) is 4. The second-order valence-corrected chi connectivity index (χ2v) is 5.14. The van der Waals surface area contributed by atoms with Crippen LogP contribution in [0.5, 0.6) is 0 Å². The number of aromatic nitrogens is 4. The highest BCUT2D eigenvalue weighted by Crippen LogP contribution is 2.36. The van der Waals surface area contributed by atoms with Gasteiger partial charge in [-0.3, -0.25) is 9.36 Å². The van der Waals surface area contributed by atoms with Crippen LogP contribution in [0.1, 0.15) is 0 Å². The summed E-state index contributed by atoms with van der Waals surface area (Å²) in [6.07, 6.45) is 7.70. The summed E-state index contributed by atoms with van der Waals surface area (Å²) in [6.45, 7) is 0. The fraction of sp³-hybridized carbons (Fsp3) is 0.250. The second kappa shape index (κ2) is 4.10. The third-order valence-corrected chi connectivity index (χ3v) is 3.89. The molecule has 0 aliphatic heterocycles. The van der Waals surface area contributed by atoms with Gasteiger partial charge in [-0.15, -0.1) is 0 Å². The van der Waals surface area contributed by atoms with Crippen LogP contribution in [0, 0.1) is 0 Å². The molecule has 0 bridgehead atoms. The molecule has 0 radical (unpaired) electrons. The molecule has 0 amide bonds. The van der Waals surface area contributed by atoms with Crippen LogP contribution in [0.4, 0.5) is 0 Å². The summed E-state index contributed by atoms with van der Waals surface area (Å²) in [7, 11) is 7.21. The molecule has 0 N–H and O–H groups in total. The van der Waals surface area contributed by atoms with Crippen molar-refractivity contribution >= 4 is 21.6 Å². The standard InChI is InChI=1S/C8H10N4S2/c1-11-5-7(3-9-11)13-14-8-4-10-12(2)6-8/h3-6H,1-2H3. The van der Waals surface area contributed by atoms with Gasteiger partial charge in [0.05, 0.1) is 22.2 Å². The Kier molecular flexibility index (Phi) is 2.83. The Balaban J connectivity index is 1.94. The van der Waals surface area contributed by atoms with Crippen molar-refractivity contribution in [2.24, 2.45) is 14.1 Å². The maximum Gasteiger partial charge on any atom is 0.0634 e. The van der Waals surface area contributed by atoms with Crippen molar-refractivity contribution in [3.05, 3.63) is 24.8 Å². The first-order chi connectivity index (χ1) is 6.74. The van der Waals surface area contributed by atoms with Gasteiger partial charge in [0.25, 0.3) is 0 Å². The second-order valence-electron chi connectivity index (χ2n) is 2.87. The predicted octanol–water partition coefficient (Wildman–Crippen LogP) is 1.95. The van der Waals surface area contributed by atoms with E-state index in [2.05, 4.69) is 10.2 Å². The molecule has 0 aliphatic rings. The first-order valence-electron chi connectivity index (χ1n) is 4.06. The van der Waals surface area contributed by atoms with Gasteiger partial charge >= 0.3 is 0 Å². The molecule has 0 saturated heterocycles. The normalized spacial score (nSPS) is 10.7. The summed E-state index contributed by atoms with van der Waals surface area (Å²) in [4.78, 5) is 2.31. The van der Waals surface area contributed by atoms with Gasteiger partial charge in [-0.25, -0.2) is 0 Å². The average Bonchev–Trinajstić information content (AvgIpc) is 2.72. The van der Waals surface area contributed by atoms with E-state index in [1.807, 2.05) is 38.9 Å². The Bertz CT molecular complexity index is 380. The Hall–Kier alpha value is -0.880. The summed E-state index contributed by atoms with van der Waals surface area (Å²) in [5.74, 6) is 0. The lowest BCUT2D eigenvalue weighted by Crippen LogP contribution is -1.83. The molecule has 2 rings (SSSR count). The lowest BCUT2D eigenvalue weighted by Gasteiger charge is -1.92. The molecule has 4 nitrogen and oxygen atoms in total. The number of aryl methyl sites for hydroxylation is 2. The Morgan fingerprint density at radius 1 is 0.929 bits per heavy atom. The van der Waals surface area contributed by atoms with Gasteiger partial charge < -0.3 is 0 Å². The third-order valence-electron chi connectivity index (χ3n) is 1.60. The maximum absolute atomic E-state index is 4.10. The van der Waals surface area contributed by atoms with E-state index in [-0.39, 0.29) is 0 Å². The minimum Gasteiger partial charge on any atom is -0.275 e. The molecule has 2 aromatic rings. The highest BCUT2D eigenvalue weighted by atomic mass is 33.1. The van der Waals surface area contributed by atoms with Crippen LogP contribution < -0.4 is 0 Å². The first-order valence-corrected chi connectivity index (χ1v) is 6.21. The molecule has 0 fully saturated rings. The fourth-order valence-corrected chi connectivity index (χ4v) is 2.84. The Morgan fingerprint density at radius 2 is 1.36 bits per heavy atom. The van der Waals surface area contributed by atoms with Crippen LogP contribution >= 0.6 is 21.6 Å². The largest absolute Gasteiger partial charge is 0.275 e. The van der Waals surface area contributed by atoms with Gasteiger partial charge in [-0.1, -0.05) is 0 Å². The summed E-state index contributed by atoms with van der Waals surface area (Å²) in [5.41, 5.74) is 0. The lowest BCUT2D eigenvalue weighted by molar-refractivity contribution is 0.766. The van der Waals surface area contributed by atoms with E-state index in [0.717, 1.165) is 9.79 Å². The van der Waals surface area contributed by atoms with E-state index < -0.39 is 0 Å². The summed E-state index contributed by atoms with van der Waals surface area (Å²) < 4.78 is 3.60. The highest BCUT2D eigenvalue weighted by Gasteiger charge is 2.00. The first kappa shape index (κ1) is 9.67. The SMILES string of the molecule is Cn1cc(SSc2cnn(C)c2)cn1. The minimum absolute atomic E-state index is 1.15. The Morgan fingerprint density at radius 3 is 1.64 bits per heavy atom. The quantitative estimate of drug-likeness (QED) is 0.749. The van der Waals surface area contributed by atoms with Crippen LogP contribution in [0.25, 0.3) is 0 Å². The molecule has 74 valence electrons. The van der Waals surface area contributed by atoms with Crippen molar-refractivity contribution in [3.63, 3.8) is 0 Å². The highest BCUT2D eigenvalue weighted by molar-refractivity contribution is 8.76. The molecule has 0 spiro atoms. The van der Waals surface area contributed by atoms with Gasteiger partial charge in [0.2, 0.25) is 0 Å². The molecule has 14 heavy (non-hydrogen) atoms. The van der Waals surface area contributed by atoms with Gasteiger partial charge in [0.1, 0.15) is 0 Å².